The molecule has 0 aliphatic carbocycles. The fraction of sp³-hybridized carbons (Fsp3) is 1.00. The first kappa shape index (κ1) is 6.16. The van der Waals surface area contributed by atoms with Gasteiger partial charge in [-0.25, -0.2) is 0 Å². The topological polar surface area (TPSA) is 3.24 Å². The number of halogens is 1. The summed E-state index contributed by atoms with van der Waals surface area (Å²) < 4.78 is 5.01. The Bertz CT molecular complexity index is 53.7. The van der Waals surface area contributed by atoms with Gasteiger partial charge in [0.2, 0.25) is 0 Å². The van der Waals surface area contributed by atoms with Crippen LogP contribution in [0.5, 0.6) is 0 Å². The van der Waals surface area contributed by atoms with Gasteiger partial charge in [-0.2, -0.15) is 0 Å². The molecule has 0 radical (unpaired) electrons. The number of rotatable bonds is 0. The average Bonchev–Trinajstić information content (AvgIpc) is 1.69. The van der Waals surface area contributed by atoms with Crippen molar-refractivity contribution in [3.63, 3.8) is 0 Å². The van der Waals surface area contributed by atoms with Gasteiger partial charge in [0.15, 0.2) is 0 Å². The van der Waals surface area contributed by atoms with E-state index in [1.165, 1.54) is 21.9 Å². The van der Waals surface area contributed by atoms with Crippen LogP contribution in [0.25, 0.3) is 0 Å². The normalized spacial score (nSPS) is 26.4. The molecule has 0 N–H and O–H groups in total. The third kappa shape index (κ3) is 2.19. The molecule has 0 bridgehead atoms. The van der Waals surface area contributed by atoms with Crippen LogP contribution in [-0.2, 0) is 0 Å². The van der Waals surface area contributed by atoms with Gasteiger partial charge in [-0.3, -0.25) is 0 Å². The molecule has 7 heavy (non-hydrogen) atoms. The summed E-state index contributed by atoms with van der Waals surface area (Å²) in [6.45, 7) is 2.47. The van der Waals surface area contributed by atoms with Crippen LogP contribution in [0.1, 0.15) is 0 Å². The minimum atomic E-state index is 0.597. The fourth-order valence-electron chi connectivity index (χ4n) is 0.521. The molecule has 0 unspecified atom stereocenters. The first-order valence-corrected chi connectivity index (χ1v) is 5.82. The molecule has 0 atom stereocenters. The Hall–Kier alpha value is 1.04. The molecular weight excluding hydrogens is 221 g/mol. The van der Waals surface area contributed by atoms with Crippen LogP contribution in [0.15, 0.2) is 0 Å². The maximum absolute atomic E-state index is 4.21. The predicted molar refractivity (Wildman–Crippen MR) is 30.3 cm³/mol. The summed E-state index contributed by atoms with van der Waals surface area (Å²) in [7, 11) is 0. The molecule has 3 heteroatoms. The average molecular weight is 230 g/mol. The zero-order chi connectivity index (χ0) is 5.11. The van der Waals surface area contributed by atoms with Gasteiger partial charge in [0, 0.05) is 0 Å². The molecule has 1 fully saturated rings. The fourth-order valence-corrected chi connectivity index (χ4v) is 3.87. The van der Waals surface area contributed by atoms with Gasteiger partial charge in [-0.05, 0) is 0 Å². The molecule has 44 valence electrons. The molecule has 0 saturated carbocycles. The van der Waals surface area contributed by atoms with E-state index in [0.29, 0.717) is 21.2 Å². The number of hydrogen-bond acceptors (Lipinski definition) is 2. The van der Waals surface area contributed by atoms with Crippen LogP contribution in [0.3, 0.4) is 0 Å². The molecule has 1 saturated heterocycles. The van der Waals surface area contributed by atoms with E-state index in [9.17, 15) is 0 Å². The van der Waals surface area contributed by atoms with Crippen LogP contribution in [0.2, 0.25) is 0 Å². The number of hydrogen-bond donors (Lipinski definition) is 1. The van der Waals surface area contributed by atoms with Crippen molar-refractivity contribution in [3.05, 3.63) is 0 Å². The zero-order valence-corrected chi connectivity index (χ0v) is 7.15. The summed E-state index contributed by atoms with van der Waals surface area (Å²) in [5.41, 5.74) is 0. The summed E-state index contributed by atoms with van der Waals surface area (Å²) in [5, 5.41) is 0. The van der Waals surface area contributed by atoms with E-state index < -0.39 is 0 Å². The van der Waals surface area contributed by atoms with Gasteiger partial charge >= 0.3 is 60.3 Å². The summed E-state index contributed by atoms with van der Waals surface area (Å²) in [6, 6.07) is 0. The van der Waals surface area contributed by atoms with Crippen LogP contribution in [-0.4, -0.2) is 26.2 Å². The standard InChI is InChI=1S/C4H9INS/c7-6-3-1-5-2-4-6/h7H,1-4H2/q-1. The molecule has 0 spiro atoms. The second-order valence-electron chi connectivity index (χ2n) is 1.52. The summed E-state index contributed by atoms with van der Waals surface area (Å²) >= 11 is 4.81. The monoisotopic (exact) mass is 230 g/mol. The van der Waals surface area contributed by atoms with Gasteiger partial charge < -0.3 is 0 Å². The molecule has 1 rings (SSSR count). The quantitative estimate of drug-likeness (QED) is 0.268. The van der Waals surface area contributed by atoms with Crippen LogP contribution < -0.4 is 21.2 Å². The molecule has 0 amide bonds. The molecule has 0 aromatic carbocycles. The van der Waals surface area contributed by atoms with Crippen LogP contribution in [0, 0.1) is 0 Å². The SMILES string of the molecule is SN1CC[I-]CC1. The van der Waals surface area contributed by atoms with Crippen molar-refractivity contribution >= 4 is 12.8 Å². The van der Waals surface area contributed by atoms with Gasteiger partial charge in [-0.15, -0.1) is 0 Å². The Morgan fingerprint density at radius 1 is 1.29 bits per heavy atom. The molecule has 1 aliphatic heterocycles. The minimum absolute atomic E-state index is 0.597. The van der Waals surface area contributed by atoms with Gasteiger partial charge in [0.1, 0.15) is 0 Å². The number of nitrogens with zero attached hydrogens (tertiary/aromatic N) is 1. The first-order chi connectivity index (χ1) is 3.39. The molecule has 0 aromatic heterocycles. The Morgan fingerprint density at radius 2 is 1.86 bits per heavy atom. The van der Waals surface area contributed by atoms with Crippen molar-refractivity contribution in [3.8, 4) is 0 Å². The van der Waals surface area contributed by atoms with Gasteiger partial charge in [0.05, 0.1) is 0 Å². The van der Waals surface area contributed by atoms with Crippen LogP contribution >= 0.6 is 12.8 Å². The van der Waals surface area contributed by atoms with Gasteiger partial charge in [-0.1, -0.05) is 0 Å². The van der Waals surface area contributed by atoms with Crippen molar-refractivity contribution in [2.45, 2.75) is 0 Å². The van der Waals surface area contributed by atoms with Gasteiger partial charge in [0.25, 0.3) is 0 Å². The maximum atomic E-state index is 4.21. The van der Waals surface area contributed by atoms with Crippen molar-refractivity contribution in [1.29, 1.82) is 0 Å². The van der Waals surface area contributed by atoms with Crippen molar-refractivity contribution in [2.75, 3.05) is 21.9 Å². The van der Waals surface area contributed by atoms with E-state index in [4.69, 9.17) is 0 Å². The van der Waals surface area contributed by atoms with E-state index in [1.54, 1.807) is 0 Å². The van der Waals surface area contributed by atoms with E-state index in [-0.39, 0.29) is 0 Å². The van der Waals surface area contributed by atoms with Crippen molar-refractivity contribution < 1.29 is 21.2 Å². The second kappa shape index (κ2) is 3.14. The van der Waals surface area contributed by atoms with Crippen LogP contribution in [0.4, 0.5) is 0 Å². The third-order valence-electron chi connectivity index (χ3n) is 0.953. The Labute approximate surface area is 60.3 Å². The van der Waals surface area contributed by atoms with E-state index in [2.05, 4.69) is 17.1 Å². The van der Waals surface area contributed by atoms with E-state index in [1.807, 2.05) is 0 Å². The Balaban J connectivity index is 2.12. The molecular formula is C4H9INS-. The molecule has 0 aromatic rings. The summed E-state index contributed by atoms with van der Waals surface area (Å²) in [6.07, 6.45) is 0. The van der Waals surface area contributed by atoms with Crippen molar-refractivity contribution in [2.24, 2.45) is 0 Å². The third-order valence-corrected chi connectivity index (χ3v) is 3.84. The molecule has 1 aliphatic rings. The number of thiol groups is 1. The summed E-state index contributed by atoms with van der Waals surface area (Å²) in [5.74, 6) is 0. The number of alkyl halides is 2. The Morgan fingerprint density at radius 3 is 2.14 bits per heavy atom. The van der Waals surface area contributed by atoms with E-state index >= 15 is 0 Å². The van der Waals surface area contributed by atoms with E-state index in [0.717, 1.165) is 0 Å². The summed E-state index contributed by atoms with van der Waals surface area (Å²) in [4.78, 5) is 0. The molecule has 1 nitrogen and oxygen atoms in total. The molecule has 1 heterocycles. The first-order valence-electron chi connectivity index (χ1n) is 2.37. The second-order valence-corrected chi connectivity index (χ2v) is 5.32. The zero-order valence-electron chi connectivity index (χ0n) is 4.10. The predicted octanol–water partition coefficient (Wildman–Crippen LogP) is -2.76. The van der Waals surface area contributed by atoms with Crippen molar-refractivity contribution in [1.82, 2.24) is 4.31 Å². The Kier molecular flexibility index (Phi) is 2.77.